The first-order valence-corrected chi connectivity index (χ1v) is 8.97. The molecule has 0 spiro atoms. The first-order chi connectivity index (χ1) is 11.7. The number of hydrogen-bond donors (Lipinski definition) is 1. The number of nitrogens with zero attached hydrogens (tertiary/aromatic N) is 1. The molecule has 1 fully saturated rings. The van der Waals surface area contributed by atoms with Gasteiger partial charge in [-0.25, -0.2) is 0 Å². The number of nitrogens with one attached hydrogen (secondary N) is 1. The Morgan fingerprint density at radius 3 is 2.58 bits per heavy atom. The second-order valence-electron chi connectivity index (χ2n) is 5.85. The predicted molar refractivity (Wildman–Crippen MR) is 94.2 cm³/mol. The summed E-state index contributed by atoms with van der Waals surface area (Å²) in [6.45, 7) is 4.34. The lowest BCUT2D eigenvalue weighted by molar-refractivity contribution is -0.917. The van der Waals surface area contributed by atoms with Gasteiger partial charge >= 0.3 is 0 Å². The molecule has 2 aromatic rings. The second-order valence-corrected chi connectivity index (χ2v) is 6.80. The van der Waals surface area contributed by atoms with Crippen molar-refractivity contribution >= 4 is 17.2 Å². The summed E-state index contributed by atoms with van der Waals surface area (Å²) in [4.78, 5) is 16.6. The number of hydrogen-bond acceptors (Lipinski definition) is 4. The molecule has 0 atom stereocenters. The molecule has 1 aliphatic rings. The van der Waals surface area contributed by atoms with Gasteiger partial charge in [0.2, 0.25) is 0 Å². The molecule has 2 heterocycles. The first-order valence-electron chi connectivity index (χ1n) is 8.09. The first kappa shape index (κ1) is 16.8. The fraction of sp³-hybridized carbons (Fsp3) is 0.389. The van der Waals surface area contributed by atoms with Crippen LogP contribution in [0.25, 0.3) is 0 Å². The Morgan fingerprint density at radius 2 is 1.96 bits per heavy atom. The Morgan fingerprint density at radius 1 is 1.17 bits per heavy atom. The molecular weight excluding hydrogens is 324 g/mol. The largest absolute Gasteiger partial charge is 0.493 e. The van der Waals surface area contributed by atoms with E-state index in [-0.39, 0.29) is 5.91 Å². The summed E-state index contributed by atoms with van der Waals surface area (Å²) >= 11 is 1.51. The molecule has 24 heavy (non-hydrogen) atoms. The molecule has 128 valence electrons. The number of methoxy groups -OCH3 is 2. The third-order valence-corrected chi connectivity index (χ3v) is 5.27. The number of ether oxygens (including phenoxy) is 2. The van der Waals surface area contributed by atoms with Crippen LogP contribution in [-0.4, -0.2) is 51.2 Å². The topological polar surface area (TPSA) is 43.2 Å². The highest BCUT2D eigenvalue weighted by Gasteiger charge is 2.26. The maximum Gasteiger partial charge on any atom is 0.264 e. The van der Waals surface area contributed by atoms with Gasteiger partial charge in [0.15, 0.2) is 11.5 Å². The third-order valence-electron chi connectivity index (χ3n) is 4.41. The van der Waals surface area contributed by atoms with E-state index in [4.69, 9.17) is 9.47 Å². The molecule has 0 unspecified atom stereocenters. The summed E-state index contributed by atoms with van der Waals surface area (Å²) in [7, 11) is 3.33. The van der Waals surface area contributed by atoms with E-state index < -0.39 is 0 Å². The zero-order valence-corrected chi connectivity index (χ0v) is 14.9. The van der Waals surface area contributed by atoms with E-state index in [9.17, 15) is 4.79 Å². The average molecular weight is 347 g/mol. The van der Waals surface area contributed by atoms with Crippen LogP contribution in [0.3, 0.4) is 0 Å². The zero-order valence-electron chi connectivity index (χ0n) is 14.1. The van der Waals surface area contributed by atoms with Crippen molar-refractivity contribution in [3.63, 3.8) is 0 Å². The van der Waals surface area contributed by atoms with Crippen LogP contribution in [0.2, 0.25) is 0 Å². The van der Waals surface area contributed by atoms with Gasteiger partial charge < -0.3 is 19.3 Å². The SMILES string of the molecule is COc1cccc(C[NH+]2CCN(C(=O)c3cccs3)CC2)c1OC. The monoisotopic (exact) mass is 347 g/mol. The average Bonchev–Trinajstić information content (AvgIpc) is 3.16. The summed E-state index contributed by atoms with van der Waals surface area (Å²) in [5.41, 5.74) is 1.14. The van der Waals surface area contributed by atoms with E-state index in [0.717, 1.165) is 54.7 Å². The molecule has 1 amide bonds. The lowest BCUT2D eigenvalue weighted by Crippen LogP contribution is -3.13. The lowest BCUT2D eigenvalue weighted by Gasteiger charge is -2.32. The van der Waals surface area contributed by atoms with Crippen molar-refractivity contribution in [2.75, 3.05) is 40.4 Å². The molecule has 0 radical (unpaired) electrons. The minimum absolute atomic E-state index is 0.156. The Bertz CT molecular complexity index is 680. The van der Waals surface area contributed by atoms with Crippen molar-refractivity contribution in [1.82, 2.24) is 4.90 Å². The Labute approximate surface area is 146 Å². The molecule has 0 bridgehead atoms. The van der Waals surface area contributed by atoms with Crippen molar-refractivity contribution < 1.29 is 19.2 Å². The Balaban J connectivity index is 1.61. The smallest absolute Gasteiger partial charge is 0.264 e. The van der Waals surface area contributed by atoms with Gasteiger partial charge in [0, 0.05) is 0 Å². The Hall–Kier alpha value is -2.05. The van der Waals surface area contributed by atoms with E-state index in [2.05, 4.69) is 6.07 Å². The van der Waals surface area contributed by atoms with E-state index in [0.29, 0.717) is 0 Å². The number of quaternary nitrogens is 1. The van der Waals surface area contributed by atoms with Crippen molar-refractivity contribution in [2.24, 2.45) is 0 Å². The number of benzene rings is 1. The number of para-hydroxylation sites is 1. The van der Waals surface area contributed by atoms with Gasteiger partial charge in [-0.05, 0) is 23.6 Å². The van der Waals surface area contributed by atoms with Crippen LogP contribution >= 0.6 is 11.3 Å². The maximum atomic E-state index is 12.4. The van der Waals surface area contributed by atoms with Crippen molar-refractivity contribution in [1.29, 1.82) is 0 Å². The van der Waals surface area contributed by atoms with Gasteiger partial charge in [0.1, 0.15) is 6.54 Å². The molecule has 1 aromatic heterocycles. The van der Waals surface area contributed by atoms with E-state index >= 15 is 0 Å². The Kier molecular flexibility index (Phi) is 5.37. The molecule has 1 saturated heterocycles. The van der Waals surface area contributed by atoms with Crippen LogP contribution in [0.5, 0.6) is 11.5 Å². The fourth-order valence-electron chi connectivity index (χ4n) is 3.12. The second kappa shape index (κ2) is 7.68. The van der Waals surface area contributed by atoms with Crippen LogP contribution in [-0.2, 0) is 6.54 Å². The maximum absolute atomic E-state index is 12.4. The summed E-state index contributed by atoms with van der Waals surface area (Å²) in [6.07, 6.45) is 0. The number of carbonyl (C=O) groups excluding carboxylic acids is 1. The molecule has 6 heteroatoms. The van der Waals surface area contributed by atoms with Crippen molar-refractivity contribution in [3.05, 3.63) is 46.2 Å². The normalized spacial score (nSPS) is 15.3. The molecule has 1 aromatic carbocycles. The van der Waals surface area contributed by atoms with Gasteiger partial charge in [0.25, 0.3) is 5.91 Å². The molecule has 0 aliphatic carbocycles. The summed E-state index contributed by atoms with van der Waals surface area (Å²) in [6, 6.07) is 9.81. The van der Waals surface area contributed by atoms with Crippen LogP contribution in [0.15, 0.2) is 35.7 Å². The van der Waals surface area contributed by atoms with Gasteiger partial charge in [0.05, 0.1) is 50.8 Å². The molecule has 1 aliphatic heterocycles. The molecule has 0 saturated carbocycles. The van der Waals surface area contributed by atoms with Crippen molar-refractivity contribution in [2.45, 2.75) is 6.54 Å². The molecule has 5 nitrogen and oxygen atoms in total. The van der Waals surface area contributed by atoms with E-state index in [1.165, 1.54) is 16.2 Å². The molecule has 3 rings (SSSR count). The fourth-order valence-corrected chi connectivity index (χ4v) is 3.81. The van der Waals surface area contributed by atoms with Gasteiger partial charge in [-0.3, -0.25) is 4.79 Å². The summed E-state index contributed by atoms with van der Waals surface area (Å²) in [5, 5.41) is 1.95. The van der Waals surface area contributed by atoms with Crippen LogP contribution in [0, 0.1) is 0 Å². The highest BCUT2D eigenvalue weighted by atomic mass is 32.1. The van der Waals surface area contributed by atoms with Crippen LogP contribution < -0.4 is 14.4 Å². The van der Waals surface area contributed by atoms with Gasteiger partial charge in [-0.2, -0.15) is 0 Å². The highest BCUT2D eigenvalue weighted by molar-refractivity contribution is 7.12. The summed E-state index contributed by atoms with van der Waals surface area (Å²) in [5.74, 6) is 1.73. The van der Waals surface area contributed by atoms with Crippen LogP contribution in [0.4, 0.5) is 0 Å². The van der Waals surface area contributed by atoms with Crippen LogP contribution in [0.1, 0.15) is 15.2 Å². The highest BCUT2D eigenvalue weighted by Crippen LogP contribution is 2.30. The summed E-state index contributed by atoms with van der Waals surface area (Å²) < 4.78 is 10.9. The standard InChI is InChI=1S/C18H22N2O3S/c1-22-15-6-3-5-14(17(15)23-2)13-19-8-10-20(11-9-19)18(21)16-7-4-12-24-16/h3-7,12H,8-11,13H2,1-2H3/p+1. The quantitative estimate of drug-likeness (QED) is 0.887. The number of thiophene rings is 1. The number of rotatable bonds is 5. The van der Waals surface area contributed by atoms with E-state index in [1.807, 2.05) is 34.5 Å². The van der Waals surface area contributed by atoms with Crippen molar-refractivity contribution in [3.8, 4) is 11.5 Å². The predicted octanol–water partition coefficient (Wildman–Crippen LogP) is 1.31. The number of amides is 1. The number of piperazine rings is 1. The van der Waals surface area contributed by atoms with E-state index in [1.54, 1.807) is 14.2 Å². The molecule has 1 N–H and O–H groups in total. The molecular formula is C18H23N2O3S+. The third kappa shape index (κ3) is 3.55. The number of carbonyl (C=O) groups is 1. The minimum atomic E-state index is 0.156. The lowest BCUT2D eigenvalue weighted by atomic mass is 10.1. The van der Waals surface area contributed by atoms with Gasteiger partial charge in [-0.15, -0.1) is 11.3 Å². The van der Waals surface area contributed by atoms with Gasteiger partial charge in [-0.1, -0.05) is 12.1 Å². The minimum Gasteiger partial charge on any atom is -0.493 e. The zero-order chi connectivity index (χ0) is 16.9.